The van der Waals surface area contributed by atoms with Crippen molar-refractivity contribution in [2.24, 2.45) is 0 Å². The summed E-state index contributed by atoms with van der Waals surface area (Å²) in [5.74, 6) is 0. The summed E-state index contributed by atoms with van der Waals surface area (Å²) in [6.45, 7) is 15.7. The van der Waals surface area contributed by atoms with Crippen LogP contribution in [0.1, 0.15) is 40.0 Å². The molecule has 0 aromatic heterocycles. The fraction of sp³-hybridized carbons (Fsp3) is 0.846. The van der Waals surface area contributed by atoms with Crippen molar-refractivity contribution in [1.82, 2.24) is 0 Å². The minimum atomic E-state index is -1.57. The highest BCUT2D eigenvalue weighted by atomic mass is 28.4. The Balaban J connectivity index is 3.70. The molecule has 1 N–H and O–H groups in total. The van der Waals surface area contributed by atoms with Gasteiger partial charge in [-0.1, -0.05) is 26.8 Å². The molecule has 0 aliphatic carbocycles. The highest BCUT2D eigenvalue weighted by molar-refractivity contribution is 6.74. The fourth-order valence-corrected chi connectivity index (χ4v) is 2.20. The van der Waals surface area contributed by atoms with Gasteiger partial charge in [-0.25, -0.2) is 0 Å². The summed E-state index contributed by atoms with van der Waals surface area (Å²) in [7, 11) is -1.57. The minimum Gasteiger partial charge on any atom is -0.417 e. The maximum atomic E-state index is 9.30. The largest absolute Gasteiger partial charge is 0.417 e. The average molecular weight is 244 g/mol. The Hall–Kier alpha value is -0.123. The Morgan fingerprint density at radius 3 is 2.31 bits per heavy atom. The molecule has 0 heterocycles. The molecule has 0 saturated heterocycles. The van der Waals surface area contributed by atoms with E-state index >= 15 is 0 Å². The van der Waals surface area contributed by atoms with E-state index in [0.717, 1.165) is 25.9 Å². The van der Waals surface area contributed by atoms with Gasteiger partial charge in [-0.05, 0) is 37.4 Å². The van der Waals surface area contributed by atoms with Gasteiger partial charge in [0.2, 0.25) is 0 Å². The van der Waals surface area contributed by atoms with Crippen LogP contribution in [-0.4, -0.2) is 26.1 Å². The van der Waals surface area contributed by atoms with Crippen molar-refractivity contribution in [2.75, 3.05) is 6.61 Å². The number of aliphatic hydroxyl groups excluding tert-OH is 1. The Labute approximate surface area is 102 Å². The number of unbranched alkanes of at least 4 members (excludes halogenated alkanes) is 1. The Bertz CT molecular complexity index is 206. The van der Waals surface area contributed by atoms with Crippen LogP contribution in [0.4, 0.5) is 0 Å². The van der Waals surface area contributed by atoms with E-state index in [4.69, 9.17) is 4.43 Å². The van der Waals surface area contributed by atoms with Crippen LogP contribution in [0.25, 0.3) is 0 Å². The SMILES string of the molecule is C=C[C@@H](O)CCCCO[Si](C)(C)C(C)(C)C. The minimum absolute atomic E-state index is 0.285. The molecule has 0 spiro atoms. The van der Waals surface area contributed by atoms with Gasteiger partial charge in [-0.15, -0.1) is 6.58 Å². The summed E-state index contributed by atoms with van der Waals surface area (Å²) in [5.41, 5.74) is 0. The topological polar surface area (TPSA) is 29.5 Å². The van der Waals surface area contributed by atoms with E-state index in [0.29, 0.717) is 0 Å². The predicted molar refractivity (Wildman–Crippen MR) is 73.2 cm³/mol. The van der Waals surface area contributed by atoms with E-state index in [1.54, 1.807) is 6.08 Å². The van der Waals surface area contributed by atoms with Gasteiger partial charge >= 0.3 is 0 Å². The molecule has 0 aromatic rings. The van der Waals surface area contributed by atoms with Gasteiger partial charge in [0, 0.05) is 6.61 Å². The first-order valence-corrected chi connectivity index (χ1v) is 9.06. The zero-order chi connectivity index (χ0) is 12.8. The zero-order valence-electron chi connectivity index (χ0n) is 11.5. The van der Waals surface area contributed by atoms with Crippen molar-refractivity contribution >= 4 is 8.32 Å². The predicted octanol–water partition coefficient (Wildman–Crippen LogP) is 3.73. The van der Waals surface area contributed by atoms with Crippen molar-refractivity contribution in [3.8, 4) is 0 Å². The van der Waals surface area contributed by atoms with Crippen molar-refractivity contribution in [2.45, 2.75) is 64.3 Å². The van der Waals surface area contributed by atoms with E-state index in [1.165, 1.54) is 0 Å². The third-order valence-corrected chi connectivity index (χ3v) is 7.97. The molecule has 0 bridgehead atoms. The number of rotatable bonds is 7. The second-order valence-electron chi connectivity index (χ2n) is 5.91. The first-order chi connectivity index (χ1) is 7.20. The molecule has 0 aliphatic rings. The van der Waals surface area contributed by atoms with Crippen LogP contribution in [0.5, 0.6) is 0 Å². The van der Waals surface area contributed by atoms with Gasteiger partial charge in [0.25, 0.3) is 0 Å². The molecule has 16 heavy (non-hydrogen) atoms. The molecule has 0 amide bonds. The van der Waals surface area contributed by atoms with Gasteiger partial charge < -0.3 is 9.53 Å². The molecule has 0 unspecified atom stereocenters. The summed E-state index contributed by atoms with van der Waals surface area (Å²) in [5, 5.41) is 9.58. The van der Waals surface area contributed by atoms with Gasteiger partial charge in [-0.2, -0.15) is 0 Å². The highest BCUT2D eigenvalue weighted by Gasteiger charge is 2.36. The van der Waals surface area contributed by atoms with Gasteiger partial charge in [-0.3, -0.25) is 0 Å². The maximum absolute atomic E-state index is 9.30. The van der Waals surface area contributed by atoms with Crippen molar-refractivity contribution in [1.29, 1.82) is 0 Å². The lowest BCUT2D eigenvalue weighted by atomic mass is 10.1. The normalized spacial score (nSPS) is 14.9. The lowest BCUT2D eigenvalue weighted by molar-refractivity contribution is 0.201. The summed E-state index contributed by atoms with van der Waals surface area (Å²) >= 11 is 0. The monoisotopic (exact) mass is 244 g/mol. The van der Waals surface area contributed by atoms with Crippen molar-refractivity contribution in [3.05, 3.63) is 12.7 Å². The highest BCUT2D eigenvalue weighted by Crippen LogP contribution is 2.36. The molecular weight excluding hydrogens is 216 g/mol. The molecule has 0 rings (SSSR count). The second kappa shape index (κ2) is 6.57. The number of hydrogen-bond donors (Lipinski definition) is 1. The molecule has 2 nitrogen and oxygen atoms in total. The quantitative estimate of drug-likeness (QED) is 0.420. The average Bonchev–Trinajstić information content (AvgIpc) is 2.15. The van der Waals surface area contributed by atoms with E-state index in [9.17, 15) is 5.11 Å². The van der Waals surface area contributed by atoms with E-state index < -0.39 is 8.32 Å². The van der Waals surface area contributed by atoms with Crippen LogP contribution in [0.2, 0.25) is 18.1 Å². The van der Waals surface area contributed by atoms with Crippen LogP contribution in [-0.2, 0) is 4.43 Å². The molecule has 0 aliphatic heterocycles. The van der Waals surface area contributed by atoms with Crippen molar-refractivity contribution in [3.63, 3.8) is 0 Å². The van der Waals surface area contributed by atoms with Gasteiger partial charge in [0.05, 0.1) is 6.10 Å². The van der Waals surface area contributed by atoms with Crippen LogP contribution in [0.3, 0.4) is 0 Å². The molecule has 96 valence electrons. The van der Waals surface area contributed by atoms with E-state index in [-0.39, 0.29) is 11.1 Å². The smallest absolute Gasteiger partial charge is 0.191 e. The molecule has 1 atom stereocenters. The summed E-state index contributed by atoms with van der Waals surface area (Å²) in [4.78, 5) is 0. The summed E-state index contributed by atoms with van der Waals surface area (Å²) in [6, 6.07) is 0. The Morgan fingerprint density at radius 1 is 1.31 bits per heavy atom. The molecule has 3 heteroatoms. The van der Waals surface area contributed by atoms with Gasteiger partial charge in [0.1, 0.15) is 0 Å². The van der Waals surface area contributed by atoms with E-state index in [1.807, 2.05) is 0 Å². The molecule has 0 radical (unpaired) electrons. The first-order valence-electron chi connectivity index (χ1n) is 6.15. The maximum Gasteiger partial charge on any atom is 0.191 e. The number of hydrogen-bond acceptors (Lipinski definition) is 2. The molecule has 0 saturated carbocycles. The molecule has 0 fully saturated rings. The number of aliphatic hydroxyl groups is 1. The van der Waals surface area contributed by atoms with Crippen LogP contribution in [0.15, 0.2) is 12.7 Å². The second-order valence-corrected chi connectivity index (χ2v) is 10.7. The third kappa shape index (κ3) is 5.82. The van der Waals surface area contributed by atoms with Crippen LogP contribution in [0, 0.1) is 0 Å². The van der Waals surface area contributed by atoms with Gasteiger partial charge in [0.15, 0.2) is 8.32 Å². The van der Waals surface area contributed by atoms with Crippen molar-refractivity contribution < 1.29 is 9.53 Å². The van der Waals surface area contributed by atoms with Crippen LogP contribution >= 0.6 is 0 Å². The third-order valence-electron chi connectivity index (χ3n) is 3.44. The van der Waals surface area contributed by atoms with E-state index in [2.05, 4.69) is 40.4 Å². The summed E-state index contributed by atoms with van der Waals surface area (Å²) < 4.78 is 6.04. The Morgan fingerprint density at radius 2 is 1.88 bits per heavy atom. The zero-order valence-corrected chi connectivity index (χ0v) is 12.5. The summed E-state index contributed by atoms with van der Waals surface area (Å²) in [6.07, 6.45) is 4.06. The lowest BCUT2D eigenvalue weighted by Crippen LogP contribution is -2.40. The molecule has 0 aromatic carbocycles. The molecular formula is C13H28O2Si. The Kier molecular flexibility index (Phi) is 6.52. The van der Waals surface area contributed by atoms with Crippen LogP contribution < -0.4 is 0 Å². The lowest BCUT2D eigenvalue weighted by Gasteiger charge is -2.36. The standard InChI is InChI=1S/C13H28O2Si/c1-7-12(14)10-8-9-11-15-16(5,6)13(2,3)4/h7,12,14H,1,8-11H2,2-6H3/t12-/m1/s1. The fourth-order valence-electron chi connectivity index (χ4n) is 1.12. The first kappa shape index (κ1) is 15.9.